The molecule has 0 spiro atoms. The van der Waals surface area contributed by atoms with Gasteiger partial charge in [-0.25, -0.2) is 5.43 Å². The minimum absolute atomic E-state index is 0.0422. The summed E-state index contributed by atoms with van der Waals surface area (Å²) >= 11 is 1.45. The Labute approximate surface area is 123 Å². The van der Waals surface area contributed by atoms with Crippen LogP contribution < -0.4 is 10.5 Å². The first-order chi connectivity index (χ1) is 10.1. The van der Waals surface area contributed by atoms with Crippen LogP contribution in [0.1, 0.15) is 10.4 Å². The van der Waals surface area contributed by atoms with Crippen molar-refractivity contribution < 1.29 is 14.8 Å². The number of nitro benzene ring substituents is 1. The van der Waals surface area contributed by atoms with Crippen LogP contribution in [0, 0.1) is 10.1 Å². The van der Waals surface area contributed by atoms with Crippen LogP contribution >= 0.6 is 11.3 Å². The number of carbonyl (C=O) groups excluding carboxylic acids is 1. The Morgan fingerprint density at radius 2 is 2.24 bits per heavy atom. The maximum atomic E-state index is 11.6. The number of hydrogen-bond donors (Lipinski definition) is 1. The molecule has 0 radical (unpaired) electrons. The van der Waals surface area contributed by atoms with Crippen molar-refractivity contribution in [2.45, 2.75) is 6.42 Å². The van der Waals surface area contributed by atoms with Crippen LogP contribution in [0.25, 0.3) is 0 Å². The number of hydrogen-bond acceptors (Lipinski definition) is 6. The van der Waals surface area contributed by atoms with Gasteiger partial charge < -0.3 is 5.11 Å². The summed E-state index contributed by atoms with van der Waals surface area (Å²) in [5, 5.41) is 27.6. The van der Waals surface area contributed by atoms with Crippen LogP contribution in [0.4, 0.5) is 5.69 Å². The molecule has 1 amide bonds. The largest absolute Gasteiger partial charge is 0.872 e. The number of nitrogens with one attached hydrogen (secondary N) is 1. The van der Waals surface area contributed by atoms with E-state index in [2.05, 4.69) is 10.5 Å². The Hall–Kier alpha value is -2.74. The van der Waals surface area contributed by atoms with Gasteiger partial charge in [-0.05, 0) is 17.0 Å². The molecule has 0 atom stereocenters. The van der Waals surface area contributed by atoms with Crippen molar-refractivity contribution >= 4 is 29.1 Å². The fourth-order valence-corrected chi connectivity index (χ4v) is 2.24. The number of benzene rings is 1. The Bertz CT molecular complexity index is 683. The molecule has 7 nitrogen and oxygen atoms in total. The lowest BCUT2D eigenvalue weighted by atomic mass is 10.2. The maximum Gasteiger partial charge on any atom is 0.270 e. The SMILES string of the molecule is O=C(Cc1cccs1)N/N=C\c1cc([N+](=O)[O-])ccc1[O-]. The summed E-state index contributed by atoms with van der Waals surface area (Å²) in [5.74, 6) is -0.733. The Morgan fingerprint density at radius 1 is 1.43 bits per heavy atom. The molecule has 8 heteroatoms. The van der Waals surface area contributed by atoms with Crippen molar-refractivity contribution in [1.82, 2.24) is 5.43 Å². The molecule has 0 aliphatic carbocycles. The average molecular weight is 304 g/mol. The first kappa shape index (κ1) is 14.7. The molecule has 21 heavy (non-hydrogen) atoms. The van der Waals surface area contributed by atoms with Crippen LogP contribution in [-0.4, -0.2) is 17.0 Å². The van der Waals surface area contributed by atoms with Gasteiger partial charge in [0.2, 0.25) is 5.91 Å². The molecular formula is C13H10N3O4S-. The van der Waals surface area contributed by atoms with Gasteiger partial charge in [-0.1, -0.05) is 17.9 Å². The van der Waals surface area contributed by atoms with Gasteiger partial charge >= 0.3 is 0 Å². The molecule has 2 aromatic rings. The van der Waals surface area contributed by atoms with E-state index in [-0.39, 0.29) is 23.6 Å². The summed E-state index contributed by atoms with van der Waals surface area (Å²) in [6.45, 7) is 0. The molecule has 1 aromatic carbocycles. The number of thiophene rings is 1. The summed E-state index contributed by atoms with van der Waals surface area (Å²) in [6, 6.07) is 6.98. The second kappa shape index (κ2) is 6.62. The third-order valence-corrected chi connectivity index (χ3v) is 3.39. The van der Waals surface area contributed by atoms with E-state index in [1.165, 1.54) is 11.3 Å². The number of carbonyl (C=O) groups is 1. The van der Waals surface area contributed by atoms with Crippen LogP contribution in [0.15, 0.2) is 40.8 Å². The second-order valence-electron chi connectivity index (χ2n) is 4.03. The van der Waals surface area contributed by atoms with E-state index in [1.807, 2.05) is 17.5 Å². The number of hydrazone groups is 1. The standard InChI is InChI=1S/C13H11N3O4S/c17-12-4-3-10(16(19)20)6-9(12)8-14-15-13(18)7-11-2-1-5-21-11/h1-6,8,17H,7H2,(H,15,18)/p-1/b14-8-. The van der Waals surface area contributed by atoms with Crippen LogP contribution in [-0.2, 0) is 11.2 Å². The van der Waals surface area contributed by atoms with Crippen LogP contribution in [0.2, 0.25) is 0 Å². The number of amides is 1. The highest BCUT2D eigenvalue weighted by atomic mass is 32.1. The lowest BCUT2D eigenvalue weighted by molar-refractivity contribution is -0.385. The summed E-state index contributed by atoms with van der Waals surface area (Å²) in [5.41, 5.74) is 2.11. The summed E-state index contributed by atoms with van der Waals surface area (Å²) in [7, 11) is 0. The summed E-state index contributed by atoms with van der Waals surface area (Å²) in [4.78, 5) is 22.5. The highest BCUT2D eigenvalue weighted by Gasteiger charge is 2.06. The lowest BCUT2D eigenvalue weighted by Gasteiger charge is -2.08. The van der Waals surface area contributed by atoms with Crippen molar-refractivity contribution in [1.29, 1.82) is 0 Å². The van der Waals surface area contributed by atoms with E-state index in [1.54, 1.807) is 0 Å². The monoisotopic (exact) mass is 304 g/mol. The van der Waals surface area contributed by atoms with Gasteiger partial charge in [-0.2, -0.15) is 5.10 Å². The second-order valence-corrected chi connectivity index (χ2v) is 5.06. The predicted octanol–water partition coefficient (Wildman–Crippen LogP) is 1.42. The molecule has 1 aromatic heterocycles. The van der Waals surface area contributed by atoms with Gasteiger partial charge in [0.15, 0.2) is 0 Å². The minimum atomic E-state index is -0.605. The molecule has 0 fully saturated rings. The molecule has 0 unspecified atom stereocenters. The van der Waals surface area contributed by atoms with Gasteiger partial charge in [0.05, 0.1) is 17.6 Å². The molecule has 2 rings (SSSR count). The molecule has 0 saturated heterocycles. The van der Waals surface area contributed by atoms with Gasteiger partial charge in [0.25, 0.3) is 5.69 Å². The zero-order chi connectivity index (χ0) is 15.2. The number of nitro groups is 1. The van der Waals surface area contributed by atoms with Gasteiger partial charge in [0, 0.05) is 17.0 Å². The highest BCUT2D eigenvalue weighted by Crippen LogP contribution is 2.19. The molecule has 0 bridgehead atoms. The third-order valence-electron chi connectivity index (χ3n) is 2.51. The highest BCUT2D eigenvalue weighted by molar-refractivity contribution is 7.10. The fourth-order valence-electron chi connectivity index (χ4n) is 1.54. The van der Waals surface area contributed by atoms with E-state index >= 15 is 0 Å². The number of non-ortho nitro benzene ring substituents is 1. The smallest absolute Gasteiger partial charge is 0.270 e. The third kappa shape index (κ3) is 4.11. The topological polar surface area (TPSA) is 108 Å². The quantitative estimate of drug-likeness (QED) is 0.512. The van der Waals surface area contributed by atoms with Crippen molar-refractivity contribution in [3.63, 3.8) is 0 Å². The normalized spacial score (nSPS) is 10.7. The Balaban J connectivity index is 1.99. The van der Waals surface area contributed by atoms with Crippen molar-refractivity contribution in [2.75, 3.05) is 0 Å². The van der Waals surface area contributed by atoms with Crippen molar-refractivity contribution in [3.8, 4) is 5.75 Å². The van der Waals surface area contributed by atoms with Crippen molar-refractivity contribution in [3.05, 3.63) is 56.3 Å². The van der Waals surface area contributed by atoms with Crippen LogP contribution in [0.3, 0.4) is 0 Å². The van der Waals surface area contributed by atoms with Crippen molar-refractivity contribution in [2.24, 2.45) is 5.10 Å². The first-order valence-electron chi connectivity index (χ1n) is 5.86. The zero-order valence-electron chi connectivity index (χ0n) is 10.7. The first-order valence-corrected chi connectivity index (χ1v) is 6.74. The maximum absolute atomic E-state index is 11.6. The number of nitrogens with zero attached hydrogens (tertiary/aromatic N) is 2. The average Bonchev–Trinajstić information content (AvgIpc) is 2.93. The zero-order valence-corrected chi connectivity index (χ0v) is 11.5. The molecule has 0 saturated carbocycles. The van der Waals surface area contributed by atoms with Gasteiger partial charge in [0.1, 0.15) is 0 Å². The van der Waals surface area contributed by atoms with Gasteiger partial charge in [-0.3, -0.25) is 14.9 Å². The lowest BCUT2D eigenvalue weighted by Crippen LogP contribution is -2.19. The van der Waals surface area contributed by atoms with E-state index in [0.717, 1.165) is 29.3 Å². The number of rotatable bonds is 5. The molecule has 1 heterocycles. The molecule has 1 N–H and O–H groups in total. The van der Waals surface area contributed by atoms with E-state index < -0.39 is 10.7 Å². The summed E-state index contributed by atoms with van der Waals surface area (Å²) < 4.78 is 0. The minimum Gasteiger partial charge on any atom is -0.872 e. The predicted molar refractivity (Wildman–Crippen MR) is 76.3 cm³/mol. The van der Waals surface area contributed by atoms with Crippen LogP contribution in [0.5, 0.6) is 5.75 Å². The summed E-state index contributed by atoms with van der Waals surface area (Å²) in [6.07, 6.45) is 1.29. The Morgan fingerprint density at radius 3 is 2.90 bits per heavy atom. The Kier molecular flexibility index (Phi) is 4.62. The van der Waals surface area contributed by atoms with Gasteiger partial charge in [-0.15, -0.1) is 11.3 Å². The van der Waals surface area contributed by atoms with E-state index in [0.29, 0.717) is 0 Å². The van der Waals surface area contributed by atoms with E-state index in [4.69, 9.17) is 0 Å². The molecular weight excluding hydrogens is 294 g/mol. The fraction of sp³-hybridized carbons (Fsp3) is 0.0769. The molecule has 108 valence electrons. The van der Waals surface area contributed by atoms with E-state index in [9.17, 15) is 20.0 Å². The molecule has 0 aliphatic heterocycles. The molecule has 0 aliphatic rings.